The fraction of sp³-hybridized carbons (Fsp3) is 0.250. The number of anilines is 1. The molecule has 0 spiro atoms. The van der Waals surface area contributed by atoms with Gasteiger partial charge in [-0.15, -0.1) is 11.8 Å². The number of aromatic nitrogens is 1. The van der Waals surface area contributed by atoms with E-state index < -0.39 is 0 Å². The van der Waals surface area contributed by atoms with Crippen molar-refractivity contribution in [2.24, 2.45) is 0 Å². The van der Waals surface area contributed by atoms with Crippen LogP contribution in [-0.2, 0) is 17.1 Å². The zero-order valence-corrected chi connectivity index (χ0v) is 10.7. The van der Waals surface area contributed by atoms with Gasteiger partial charge in [-0.05, 0) is 18.2 Å². The van der Waals surface area contributed by atoms with E-state index in [2.05, 4.69) is 5.16 Å². The van der Waals surface area contributed by atoms with Gasteiger partial charge in [-0.1, -0.05) is 5.16 Å². The third kappa shape index (κ3) is 3.48. The van der Waals surface area contributed by atoms with E-state index >= 15 is 0 Å². The highest BCUT2D eigenvalue weighted by Gasteiger charge is 2.05. The third-order valence-electron chi connectivity index (χ3n) is 2.17. The van der Waals surface area contributed by atoms with Gasteiger partial charge in [0, 0.05) is 29.5 Å². The minimum atomic E-state index is -0.335. The third-order valence-corrected chi connectivity index (χ3v) is 3.18. The number of ether oxygens (including phenoxy) is 1. The highest BCUT2D eigenvalue weighted by Crippen LogP contribution is 2.25. The van der Waals surface area contributed by atoms with Crippen molar-refractivity contribution in [3.05, 3.63) is 41.5 Å². The summed E-state index contributed by atoms with van der Waals surface area (Å²) in [4.78, 5) is 0.767. The minimum absolute atomic E-state index is 0.335. The van der Waals surface area contributed by atoms with E-state index in [1.54, 1.807) is 13.2 Å². The molecular weight excluding hydrogens is 255 g/mol. The topological polar surface area (TPSA) is 61.3 Å². The summed E-state index contributed by atoms with van der Waals surface area (Å²) in [6, 6.07) is 6.27. The van der Waals surface area contributed by atoms with Crippen LogP contribution in [0.4, 0.5) is 10.1 Å². The van der Waals surface area contributed by atoms with Crippen LogP contribution in [0.2, 0.25) is 0 Å². The molecule has 4 nitrogen and oxygen atoms in total. The summed E-state index contributed by atoms with van der Waals surface area (Å²) < 4.78 is 23.1. The first-order chi connectivity index (χ1) is 8.67. The Bertz CT molecular complexity index is 510. The van der Waals surface area contributed by atoms with Crippen LogP contribution >= 0.6 is 11.8 Å². The minimum Gasteiger partial charge on any atom is -0.399 e. The molecule has 2 N–H and O–H groups in total. The Balaban J connectivity index is 1.97. The number of hydrogen-bond donors (Lipinski definition) is 1. The number of hydrogen-bond acceptors (Lipinski definition) is 5. The number of halogens is 1. The molecule has 1 heterocycles. The van der Waals surface area contributed by atoms with Gasteiger partial charge in [0.25, 0.3) is 0 Å². The average molecular weight is 268 g/mol. The molecule has 1 aromatic heterocycles. The molecule has 0 fully saturated rings. The molecule has 0 atom stereocenters. The van der Waals surface area contributed by atoms with Gasteiger partial charge in [-0.2, -0.15) is 0 Å². The van der Waals surface area contributed by atoms with Crippen LogP contribution in [0.5, 0.6) is 0 Å². The number of nitrogen functional groups attached to an aromatic ring is 1. The fourth-order valence-electron chi connectivity index (χ4n) is 1.46. The lowest BCUT2D eigenvalue weighted by Crippen LogP contribution is -1.88. The summed E-state index contributed by atoms with van der Waals surface area (Å²) in [5, 5.41) is 3.89. The zero-order valence-electron chi connectivity index (χ0n) is 9.85. The van der Waals surface area contributed by atoms with Crippen LogP contribution in [0.15, 0.2) is 33.7 Å². The van der Waals surface area contributed by atoms with Crippen LogP contribution in [0, 0.1) is 5.82 Å². The first-order valence-electron chi connectivity index (χ1n) is 5.29. The molecule has 0 radical (unpaired) electrons. The number of nitrogens with zero attached hydrogens (tertiary/aromatic N) is 1. The molecule has 1 aromatic carbocycles. The number of thioether (sulfide) groups is 1. The second-order valence-electron chi connectivity index (χ2n) is 3.73. The summed E-state index contributed by atoms with van der Waals surface area (Å²) in [7, 11) is 1.59. The van der Waals surface area contributed by atoms with E-state index in [0.29, 0.717) is 23.8 Å². The van der Waals surface area contributed by atoms with Crippen molar-refractivity contribution in [2.45, 2.75) is 17.3 Å². The Morgan fingerprint density at radius 2 is 2.22 bits per heavy atom. The van der Waals surface area contributed by atoms with Gasteiger partial charge in [0.15, 0.2) is 5.76 Å². The largest absolute Gasteiger partial charge is 0.399 e. The molecule has 0 unspecified atom stereocenters. The summed E-state index contributed by atoms with van der Waals surface area (Å²) in [5.41, 5.74) is 6.77. The molecule has 0 bridgehead atoms. The van der Waals surface area contributed by atoms with Crippen molar-refractivity contribution < 1.29 is 13.7 Å². The number of rotatable bonds is 5. The highest BCUT2D eigenvalue weighted by atomic mass is 32.2. The van der Waals surface area contributed by atoms with Gasteiger partial charge >= 0.3 is 0 Å². The Morgan fingerprint density at radius 3 is 2.94 bits per heavy atom. The lowest BCUT2D eigenvalue weighted by Gasteiger charge is -2.01. The first kappa shape index (κ1) is 12.9. The summed E-state index contributed by atoms with van der Waals surface area (Å²) in [6.07, 6.45) is 0. The first-order valence-corrected chi connectivity index (χ1v) is 6.28. The summed E-state index contributed by atoms with van der Waals surface area (Å²) >= 11 is 1.45. The van der Waals surface area contributed by atoms with Crippen molar-refractivity contribution >= 4 is 17.4 Å². The Morgan fingerprint density at radius 1 is 1.39 bits per heavy atom. The van der Waals surface area contributed by atoms with Crippen molar-refractivity contribution in [1.82, 2.24) is 5.16 Å². The van der Waals surface area contributed by atoms with Crippen LogP contribution in [0.3, 0.4) is 0 Å². The van der Waals surface area contributed by atoms with Crippen LogP contribution in [0.1, 0.15) is 11.5 Å². The molecular formula is C12H13FN2O2S. The maximum Gasteiger partial charge on any atom is 0.162 e. The molecule has 2 aromatic rings. The van der Waals surface area contributed by atoms with Gasteiger partial charge in [0.05, 0.1) is 5.69 Å². The van der Waals surface area contributed by atoms with Crippen LogP contribution in [-0.4, -0.2) is 12.3 Å². The maximum absolute atomic E-state index is 13.1. The maximum atomic E-state index is 13.1. The molecule has 6 heteroatoms. The van der Waals surface area contributed by atoms with E-state index in [0.717, 1.165) is 10.6 Å². The number of benzene rings is 1. The second kappa shape index (κ2) is 5.88. The van der Waals surface area contributed by atoms with E-state index in [1.165, 1.54) is 23.9 Å². The highest BCUT2D eigenvalue weighted by molar-refractivity contribution is 7.98. The molecule has 0 aliphatic carbocycles. The molecule has 2 rings (SSSR count). The lowest BCUT2D eigenvalue weighted by molar-refractivity contribution is 0.156. The predicted octanol–water partition coefficient (Wildman–Crippen LogP) is 2.83. The van der Waals surface area contributed by atoms with Crippen molar-refractivity contribution in [2.75, 3.05) is 12.8 Å². The molecule has 0 aliphatic heterocycles. The second-order valence-corrected chi connectivity index (χ2v) is 4.78. The van der Waals surface area contributed by atoms with Crippen molar-refractivity contribution in [3.8, 4) is 0 Å². The van der Waals surface area contributed by atoms with E-state index in [-0.39, 0.29) is 5.82 Å². The van der Waals surface area contributed by atoms with Crippen molar-refractivity contribution in [3.63, 3.8) is 0 Å². The Kier molecular flexibility index (Phi) is 4.22. The van der Waals surface area contributed by atoms with Gasteiger partial charge in [-0.25, -0.2) is 4.39 Å². The number of methoxy groups -OCH3 is 1. The molecule has 0 saturated carbocycles. The molecule has 96 valence electrons. The SMILES string of the molecule is COCc1cc(CSc2cc(N)cc(F)c2)no1. The summed E-state index contributed by atoms with van der Waals surface area (Å²) in [6.45, 7) is 0.393. The van der Waals surface area contributed by atoms with Gasteiger partial charge in [0.2, 0.25) is 0 Å². The molecule has 0 amide bonds. The van der Waals surface area contributed by atoms with E-state index in [9.17, 15) is 4.39 Å². The quantitative estimate of drug-likeness (QED) is 0.667. The lowest BCUT2D eigenvalue weighted by atomic mass is 10.3. The Labute approximate surface area is 108 Å². The van der Waals surface area contributed by atoms with E-state index in [1.807, 2.05) is 6.07 Å². The zero-order chi connectivity index (χ0) is 13.0. The predicted molar refractivity (Wildman–Crippen MR) is 67.6 cm³/mol. The number of nitrogens with two attached hydrogens (primary N) is 1. The van der Waals surface area contributed by atoms with Gasteiger partial charge < -0.3 is 15.0 Å². The smallest absolute Gasteiger partial charge is 0.162 e. The monoisotopic (exact) mass is 268 g/mol. The van der Waals surface area contributed by atoms with Crippen LogP contribution in [0.25, 0.3) is 0 Å². The van der Waals surface area contributed by atoms with E-state index in [4.69, 9.17) is 15.0 Å². The molecule has 0 saturated heterocycles. The fourth-order valence-corrected chi connectivity index (χ4v) is 2.33. The molecule has 0 aliphatic rings. The van der Waals surface area contributed by atoms with Gasteiger partial charge in [-0.3, -0.25) is 0 Å². The summed E-state index contributed by atoms with van der Waals surface area (Å²) in [5.74, 6) is 0.931. The van der Waals surface area contributed by atoms with Crippen LogP contribution < -0.4 is 5.73 Å². The molecule has 18 heavy (non-hydrogen) atoms. The van der Waals surface area contributed by atoms with Gasteiger partial charge in [0.1, 0.15) is 12.4 Å². The average Bonchev–Trinajstić information content (AvgIpc) is 2.74. The standard InChI is InChI=1S/C12H13FN2O2S/c1-16-6-11-5-10(15-17-11)7-18-12-3-8(13)2-9(14)4-12/h2-5H,6-7,14H2,1H3. The Hall–Kier alpha value is -1.53. The normalized spacial score (nSPS) is 10.8. The van der Waals surface area contributed by atoms with Crippen molar-refractivity contribution in [1.29, 1.82) is 0 Å².